The molecule has 0 N–H and O–H groups in total. The van der Waals surface area contributed by atoms with E-state index >= 15 is 0 Å². The van der Waals surface area contributed by atoms with Crippen LogP contribution in [0, 0.1) is 0 Å². The number of thiophene rings is 2. The Labute approximate surface area is 345 Å². The second kappa shape index (κ2) is 12.7. The van der Waals surface area contributed by atoms with Crippen molar-refractivity contribution in [2.45, 2.75) is 25.5 Å². The van der Waals surface area contributed by atoms with Crippen LogP contribution in [0.2, 0.25) is 0 Å². The van der Waals surface area contributed by atoms with Gasteiger partial charge in [-0.1, -0.05) is 97.1 Å². The number of fused-ring (bicyclic) bond motifs is 8. The molecule has 56 heavy (non-hydrogen) atoms. The minimum absolute atomic E-state index is 0.363. The van der Waals surface area contributed by atoms with Crippen molar-refractivity contribution in [2.24, 2.45) is 0 Å². The smallest absolute Gasteiger partial charge is 0.0640 e. The lowest BCUT2D eigenvalue weighted by Crippen LogP contribution is -2.14. The first-order valence-corrected chi connectivity index (χ1v) is 20.3. The summed E-state index contributed by atoms with van der Waals surface area (Å²) in [6.45, 7) is 0. The fourth-order valence-corrected chi connectivity index (χ4v) is 10.6. The molecule has 0 aliphatic heterocycles. The van der Waals surface area contributed by atoms with Crippen LogP contribution in [0.5, 0.6) is 0 Å². The van der Waals surface area contributed by atoms with Crippen LogP contribution >= 0.6 is 22.7 Å². The number of aryl methyl sites for hydroxylation is 4. The summed E-state index contributed by atoms with van der Waals surface area (Å²) in [7, 11) is 0. The van der Waals surface area contributed by atoms with Crippen LogP contribution in [0.15, 0.2) is 170 Å². The number of rotatable bonds is 7. The third kappa shape index (κ3) is 5.06. The van der Waals surface area contributed by atoms with E-state index < -0.39 is 25.5 Å². The van der Waals surface area contributed by atoms with Crippen molar-refractivity contribution in [2.75, 3.05) is 9.80 Å². The van der Waals surface area contributed by atoms with Crippen LogP contribution in [0.1, 0.15) is 33.2 Å². The van der Waals surface area contributed by atoms with Crippen molar-refractivity contribution in [3.63, 3.8) is 0 Å². The second-order valence-electron chi connectivity index (χ2n) is 14.2. The lowest BCUT2D eigenvalue weighted by Gasteiger charge is -2.29. The summed E-state index contributed by atoms with van der Waals surface area (Å²) in [5.41, 5.74) is 8.61. The molecule has 0 saturated heterocycles. The summed E-state index contributed by atoms with van der Waals surface area (Å²) in [6.07, 6.45) is -8.36. The average molecular weight is 761 g/mol. The van der Waals surface area contributed by atoms with Gasteiger partial charge >= 0.3 is 0 Å². The molecule has 0 fully saturated rings. The zero-order valence-electron chi connectivity index (χ0n) is 37.9. The van der Waals surface area contributed by atoms with Gasteiger partial charge in [-0.25, -0.2) is 0 Å². The van der Waals surface area contributed by atoms with E-state index in [0.717, 1.165) is 65.4 Å². The van der Waals surface area contributed by atoms with Crippen LogP contribution in [-0.4, -0.2) is 0 Å². The normalized spacial score (nSPS) is 18.8. The largest absolute Gasteiger partial charge is 0.309 e. The minimum Gasteiger partial charge on any atom is -0.309 e. The average Bonchev–Trinajstić information content (AvgIpc) is 3.89. The maximum absolute atomic E-state index is 8.62. The molecule has 0 bridgehead atoms. The third-order valence-corrected chi connectivity index (χ3v) is 13.4. The van der Waals surface area contributed by atoms with Gasteiger partial charge in [0.25, 0.3) is 0 Å². The topological polar surface area (TPSA) is 6.48 Å². The van der Waals surface area contributed by atoms with Gasteiger partial charge in [0.2, 0.25) is 0 Å². The Morgan fingerprint density at radius 2 is 0.750 bits per heavy atom. The van der Waals surface area contributed by atoms with Crippen molar-refractivity contribution in [3.8, 4) is 11.1 Å². The molecule has 0 radical (unpaired) electrons. The molecule has 10 aromatic rings. The number of hydrogen-bond donors (Lipinski definition) is 0. The fraction of sp³-hybridized carbons (Fsp3) is 0.0769. The first-order chi connectivity index (χ1) is 30.8. The van der Waals surface area contributed by atoms with Gasteiger partial charge in [0.05, 0.1) is 20.8 Å². The summed E-state index contributed by atoms with van der Waals surface area (Å²) in [5, 5.41) is 4.62. The van der Waals surface area contributed by atoms with Gasteiger partial charge < -0.3 is 9.80 Å². The van der Waals surface area contributed by atoms with Gasteiger partial charge in [-0.15, -0.1) is 22.7 Å². The lowest BCUT2D eigenvalue weighted by molar-refractivity contribution is 0.839. The Balaban J connectivity index is 0.950. The highest BCUT2D eigenvalue weighted by Crippen LogP contribution is 2.48. The van der Waals surface area contributed by atoms with Crippen LogP contribution in [0.3, 0.4) is 0 Å². The molecule has 0 saturated carbocycles. The van der Waals surface area contributed by atoms with Crippen molar-refractivity contribution in [3.05, 3.63) is 192 Å². The van der Waals surface area contributed by atoms with Gasteiger partial charge in [0, 0.05) is 64.7 Å². The maximum atomic E-state index is 8.62. The Kier molecular flexibility index (Phi) is 5.67. The molecule has 0 atom stereocenters. The zero-order chi connectivity index (χ0) is 43.9. The Morgan fingerprint density at radius 1 is 0.357 bits per heavy atom. The molecular formula is C52H36N2S2. The lowest BCUT2D eigenvalue weighted by atomic mass is 9.88. The summed E-state index contributed by atoms with van der Waals surface area (Å²) in [4.78, 5) is 4.28. The summed E-state index contributed by atoms with van der Waals surface area (Å²) >= 11 is 3.44. The summed E-state index contributed by atoms with van der Waals surface area (Å²) in [6, 6.07) is 56.8. The highest BCUT2D eigenvalue weighted by Gasteiger charge is 2.23. The van der Waals surface area contributed by atoms with Crippen LogP contribution < -0.4 is 9.80 Å². The predicted molar refractivity (Wildman–Crippen MR) is 242 cm³/mol. The molecule has 0 amide bonds. The van der Waals surface area contributed by atoms with Crippen LogP contribution in [0.4, 0.5) is 34.1 Å². The standard InChI is InChI=1S/C52H36N2S2/c1-3-13-49-43(7-1)45-9-5-11-47(51(45)55-49)53(41-29-23-35-15-17-37(35)31-41)39-25-19-33(20-26-39)34-21-27-40(28-22-34)54(42-30-24-36-16-18-38(36)32-42)48-12-6-10-46-44-8-2-4-14-50(44)56-52(46)48/h1-14,19-32H,15-18H2/i15D2,16D2,17D2,18D2. The number of nitrogens with zero attached hydrogens (tertiary/aromatic N) is 2. The molecule has 4 heteroatoms. The molecule has 2 nitrogen and oxygen atoms in total. The molecule has 0 spiro atoms. The number of hydrogen-bond acceptors (Lipinski definition) is 4. The van der Waals surface area contributed by atoms with Crippen molar-refractivity contribution in [1.29, 1.82) is 0 Å². The van der Waals surface area contributed by atoms with E-state index in [1.165, 1.54) is 20.2 Å². The van der Waals surface area contributed by atoms with E-state index in [9.17, 15) is 0 Å². The van der Waals surface area contributed by atoms with Gasteiger partial charge in [0.1, 0.15) is 0 Å². The highest BCUT2D eigenvalue weighted by atomic mass is 32.1. The molecule has 2 heterocycles. The number of anilines is 6. The Morgan fingerprint density at radius 3 is 1.21 bits per heavy atom. The molecule has 12 rings (SSSR count). The minimum atomic E-state index is -2.12. The molecule has 2 aliphatic carbocycles. The number of benzene rings is 8. The molecular weight excluding hydrogens is 717 g/mol. The van der Waals surface area contributed by atoms with E-state index in [1.54, 1.807) is 46.9 Å². The van der Waals surface area contributed by atoms with Crippen molar-refractivity contribution < 1.29 is 11.0 Å². The molecule has 8 aromatic carbocycles. The fourth-order valence-electron chi connectivity index (χ4n) is 8.19. The van der Waals surface area contributed by atoms with Crippen LogP contribution in [-0.2, 0) is 25.5 Å². The Bertz CT molecular complexity index is 3310. The van der Waals surface area contributed by atoms with E-state index in [-0.39, 0.29) is 0 Å². The first-order valence-electron chi connectivity index (χ1n) is 22.7. The molecule has 2 aromatic heterocycles. The van der Waals surface area contributed by atoms with Gasteiger partial charge in [-0.3, -0.25) is 0 Å². The van der Waals surface area contributed by atoms with E-state index in [2.05, 4.69) is 131 Å². The first kappa shape index (κ1) is 25.1. The Hall–Kier alpha value is -6.20. The van der Waals surface area contributed by atoms with E-state index in [4.69, 9.17) is 11.0 Å². The van der Waals surface area contributed by atoms with Crippen molar-refractivity contribution in [1.82, 2.24) is 0 Å². The third-order valence-electron chi connectivity index (χ3n) is 11.0. The van der Waals surface area contributed by atoms with Gasteiger partial charge in [-0.2, -0.15) is 0 Å². The van der Waals surface area contributed by atoms with E-state index in [0.29, 0.717) is 22.3 Å². The monoisotopic (exact) mass is 760 g/mol. The molecule has 266 valence electrons. The predicted octanol–water partition coefficient (Wildman–Crippen LogP) is 15.2. The van der Waals surface area contributed by atoms with Crippen LogP contribution in [0.25, 0.3) is 51.5 Å². The van der Waals surface area contributed by atoms with Crippen molar-refractivity contribution >= 4 is 97.1 Å². The SMILES string of the molecule is [2H]C1([2H])c2ccc(N(c3ccc(-c4ccc(N(c5ccc6c(c5)C([2H])([2H])C6([2H])[2H])c5cccc6c5sc5ccccc56)cc4)cc3)c3cccc4c3sc3ccccc34)cc2C1([2H])[2H]. The molecule has 0 unspecified atom stereocenters. The second-order valence-corrected chi connectivity index (χ2v) is 16.3. The van der Waals surface area contributed by atoms with E-state index in [1.807, 2.05) is 24.3 Å². The maximum Gasteiger partial charge on any atom is 0.0640 e. The quantitative estimate of drug-likeness (QED) is 0.160. The highest BCUT2D eigenvalue weighted by molar-refractivity contribution is 7.26. The summed E-state index contributed by atoms with van der Waals surface area (Å²) < 4.78 is 72.7. The van der Waals surface area contributed by atoms with Gasteiger partial charge in [0.15, 0.2) is 0 Å². The van der Waals surface area contributed by atoms with Gasteiger partial charge in [-0.05, 0) is 132 Å². The molecule has 2 aliphatic rings. The zero-order valence-corrected chi connectivity index (χ0v) is 31.5. The summed E-state index contributed by atoms with van der Waals surface area (Å²) in [5.74, 6) is 0.